The summed E-state index contributed by atoms with van der Waals surface area (Å²) in [6.45, 7) is 8.25. The predicted molar refractivity (Wildman–Crippen MR) is 121 cm³/mol. The number of fused-ring (bicyclic) bond motifs is 2. The molecule has 4 heterocycles. The third-order valence-corrected chi connectivity index (χ3v) is 7.79. The molecule has 1 unspecified atom stereocenters. The van der Waals surface area contributed by atoms with Crippen LogP contribution in [0.2, 0.25) is 0 Å². The third kappa shape index (κ3) is 3.71. The molecule has 8 nitrogen and oxygen atoms in total. The van der Waals surface area contributed by atoms with Crippen LogP contribution >= 0.6 is 0 Å². The van der Waals surface area contributed by atoms with E-state index >= 15 is 0 Å². The van der Waals surface area contributed by atoms with Crippen LogP contribution in [-0.4, -0.2) is 82.3 Å². The molecule has 0 aromatic carbocycles. The van der Waals surface area contributed by atoms with Gasteiger partial charge in [-0.05, 0) is 32.6 Å². The van der Waals surface area contributed by atoms with Crippen LogP contribution < -0.4 is 0 Å². The van der Waals surface area contributed by atoms with Gasteiger partial charge in [-0.1, -0.05) is 44.6 Å². The molecule has 182 valence electrons. The Morgan fingerprint density at radius 3 is 2.61 bits per heavy atom. The van der Waals surface area contributed by atoms with Gasteiger partial charge in [-0.15, -0.1) is 0 Å². The summed E-state index contributed by atoms with van der Waals surface area (Å²) in [5, 5.41) is 10.3. The van der Waals surface area contributed by atoms with Crippen LogP contribution in [0, 0.1) is 17.8 Å². The monoisotopic (exact) mass is 460 g/mol. The quantitative estimate of drug-likeness (QED) is 0.495. The molecular formula is C25H36N2O6. The summed E-state index contributed by atoms with van der Waals surface area (Å²) in [6.07, 6.45) is 9.06. The molecule has 1 N–H and O–H groups in total. The van der Waals surface area contributed by atoms with Crippen molar-refractivity contribution >= 4 is 17.8 Å². The van der Waals surface area contributed by atoms with E-state index in [0.29, 0.717) is 13.0 Å². The molecule has 4 aliphatic rings. The van der Waals surface area contributed by atoms with Crippen molar-refractivity contribution in [2.24, 2.45) is 17.8 Å². The Hall–Kier alpha value is -2.19. The standard InChI is InChI=1S/C25H36N2O6/c1-5-16(4)17(14-28)27-21-23(30)26(15(2)3)12-9-11-25(21)20(22(27)29)19-18(33-25)10-7-6-8-13-32-24(19)31/h7,9-11,15-21,28H,5-6,8,12-14H2,1-4H3/b10-7-/t16-,17-,18+,19-,20-,21?,25-/m0/s1. The summed E-state index contributed by atoms with van der Waals surface area (Å²) >= 11 is 0. The zero-order valence-electron chi connectivity index (χ0n) is 20.0. The first kappa shape index (κ1) is 24.0. The lowest BCUT2D eigenvalue weighted by Crippen LogP contribution is -2.60. The van der Waals surface area contributed by atoms with E-state index in [2.05, 4.69) is 0 Å². The Labute approximate surface area is 195 Å². The highest BCUT2D eigenvalue weighted by molar-refractivity contribution is 5.99. The number of hydrogen-bond acceptors (Lipinski definition) is 6. The topological polar surface area (TPSA) is 96.4 Å². The number of hydrogen-bond donors (Lipinski definition) is 1. The summed E-state index contributed by atoms with van der Waals surface area (Å²) in [7, 11) is 0. The Morgan fingerprint density at radius 1 is 1.18 bits per heavy atom. The molecule has 0 radical (unpaired) electrons. The fourth-order valence-corrected chi connectivity index (χ4v) is 5.85. The number of aliphatic hydroxyl groups is 1. The van der Waals surface area contributed by atoms with Crippen molar-refractivity contribution in [1.82, 2.24) is 9.80 Å². The Balaban J connectivity index is 1.88. The molecule has 33 heavy (non-hydrogen) atoms. The van der Waals surface area contributed by atoms with Crippen LogP contribution in [-0.2, 0) is 23.9 Å². The van der Waals surface area contributed by atoms with Gasteiger partial charge in [0, 0.05) is 12.6 Å². The molecule has 1 spiro atoms. The first-order valence-electron chi connectivity index (χ1n) is 12.2. The maximum Gasteiger partial charge on any atom is 0.312 e. The number of nitrogens with zero attached hydrogens (tertiary/aromatic N) is 2. The molecule has 0 aromatic heterocycles. The molecule has 0 aromatic rings. The van der Waals surface area contributed by atoms with Crippen LogP contribution in [0.4, 0.5) is 0 Å². The minimum absolute atomic E-state index is 0.0365. The molecule has 4 rings (SSSR count). The van der Waals surface area contributed by atoms with Gasteiger partial charge in [-0.3, -0.25) is 14.4 Å². The lowest BCUT2D eigenvalue weighted by molar-refractivity contribution is -0.157. The van der Waals surface area contributed by atoms with Gasteiger partial charge in [0.2, 0.25) is 11.8 Å². The average molecular weight is 461 g/mol. The van der Waals surface area contributed by atoms with Crippen molar-refractivity contribution in [2.75, 3.05) is 19.8 Å². The van der Waals surface area contributed by atoms with Crippen molar-refractivity contribution in [3.05, 3.63) is 24.3 Å². The van der Waals surface area contributed by atoms with Gasteiger partial charge in [0.15, 0.2) is 0 Å². The Kier molecular flexibility index (Phi) is 6.69. The van der Waals surface area contributed by atoms with Crippen molar-refractivity contribution in [1.29, 1.82) is 0 Å². The largest absolute Gasteiger partial charge is 0.465 e. The summed E-state index contributed by atoms with van der Waals surface area (Å²) < 4.78 is 12.1. The van der Waals surface area contributed by atoms with Crippen LogP contribution in [0.5, 0.6) is 0 Å². The fourth-order valence-electron chi connectivity index (χ4n) is 5.85. The minimum Gasteiger partial charge on any atom is -0.465 e. The van der Waals surface area contributed by atoms with E-state index in [-0.39, 0.29) is 37.0 Å². The molecule has 0 aliphatic carbocycles. The summed E-state index contributed by atoms with van der Waals surface area (Å²) in [6, 6.07) is -1.57. The first-order chi connectivity index (χ1) is 15.8. The second kappa shape index (κ2) is 9.22. The zero-order valence-corrected chi connectivity index (χ0v) is 20.0. The molecule has 2 amide bonds. The first-order valence-corrected chi connectivity index (χ1v) is 12.2. The Morgan fingerprint density at radius 2 is 1.94 bits per heavy atom. The van der Waals surface area contributed by atoms with Crippen molar-refractivity contribution in [3.63, 3.8) is 0 Å². The SMILES string of the molecule is CC[C@H](C)[C@H](CO)N1C(=O)[C@@H]2[C@H]3C(=O)OCCC/C=C\[C@H]3O[C@@]23C=CCN(C(C)C)C(=O)C13. The number of carbonyl (C=O) groups is 3. The number of allylic oxidation sites excluding steroid dienone is 1. The number of carbonyl (C=O) groups excluding carboxylic acids is 3. The molecule has 0 saturated carbocycles. The maximum atomic E-state index is 14.1. The van der Waals surface area contributed by atoms with Crippen molar-refractivity contribution in [3.8, 4) is 0 Å². The predicted octanol–water partition coefficient (Wildman–Crippen LogP) is 1.67. The zero-order chi connectivity index (χ0) is 23.9. The smallest absolute Gasteiger partial charge is 0.312 e. The molecule has 8 heteroatoms. The number of rotatable bonds is 5. The summed E-state index contributed by atoms with van der Waals surface area (Å²) in [4.78, 5) is 44.5. The minimum atomic E-state index is -1.28. The molecule has 2 fully saturated rings. The fraction of sp³-hybridized carbons (Fsp3) is 0.720. The maximum absolute atomic E-state index is 14.1. The van der Waals surface area contributed by atoms with Crippen molar-refractivity contribution < 1.29 is 29.0 Å². The number of cyclic esters (lactones) is 1. The molecule has 7 atom stereocenters. The highest BCUT2D eigenvalue weighted by atomic mass is 16.6. The number of esters is 1. The third-order valence-electron chi connectivity index (χ3n) is 7.79. The second-order valence-electron chi connectivity index (χ2n) is 9.95. The van der Waals surface area contributed by atoms with Gasteiger partial charge in [-0.2, -0.15) is 0 Å². The Bertz CT molecular complexity index is 854. The van der Waals surface area contributed by atoms with Gasteiger partial charge in [-0.25, -0.2) is 0 Å². The van der Waals surface area contributed by atoms with Crippen LogP contribution in [0.3, 0.4) is 0 Å². The van der Waals surface area contributed by atoms with Crippen molar-refractivity contribution in [2.45, 2.75) is 76.8 Å². The van der Waals surface area contributed by atoms with Crippen LogP contribution in [0.15, 0.2) is 24.3 Å². The van der Waals surface area contributed by atoms with Gasteiger partial charge in [0.25, 0.3) is 0 Å². The average Bonchev–Trinajstić information content (AvgIpc) is 3.19. The van der Waals surface area contributed by atoms with E-state index in [4.69, 9.17) is 9.47 Å². The van der Waals surface area contributed by atoms with E-state index in [1.165, 1.54) is 4.90 Å². The number of likely N-dealkylation sites (tertiary alicyclic amines) is 1. The molecular weight excluding hydrogens is 424 g/mol. The normalized spacial score (nSPS) is 36.8. The highest BCUT2D eigenvalue weighted by Gasteiger charge is 2.72. The van der Waals surface area contributed by atoms with Gasteiger partial charge in [0.1, 0.15) is 17.6 Å². The summed E-state index contributed by atoms with van der Waals surface area (Å²) in [5.41, 5.74) is -1.28. The highest BCUT2D eigenvalue weighted by Crippen LogP contribution is 2.54. The number of aliphatic hydroxyl groups excluding tert-OH is 1. The lowest BCUT2D eigenvalue weighted by Gasteiger charge is -2.41. The molecule has 0 bridgehead atoms. The van der Waals surface area contributed by atoms with Gasteiger partial charge < -0.3 is 24.4 Å². The lowest BCUT2D eigenvalue weighted by atomic mass is 9.78. The number of amides is 2. The van der Waals surface area contributed by atoms with E-state index in [0.717, 1.165) is 12.8 Å². The number of ether oxygens (including phenoxy) is 2. The van der Waals surface area contributed by atoms with Gasteiger partial charge in [0.05, 0.1) is 31.3 Å². The van der Waals surface area contributed by atoms with E-state index in [1.807, 2.05) is 52.0 Å². The van der Waals surface area contributed by atoms with Crippen LogP contribution in [0.25, 0.3) is 0 Å². The van der Waals surface area contributed by atoms with Gasteiger partial charge >= 0.3 is 5.97 Å². The molecule has 4 aliphatic heterocycles. The van der Waals surface area contributed by atoms with E-state index in [1.54, 1.807) is 4.90 Å². The van der Waals surface area contributed by atoms with E-state index < -0.39 is 41.6 Å². The summed E-state index contributed by atoms with van der Waals surface area (Å²) in [5.74, 6) is -2.74. The van der Waals surface area contributed by atoms with Crippen LogP contribution in [0.1, 0.15) is 47.0 Å². The second-order valence-corrected chi connectivity index (χ2v) is 9.95. The molecule has 2 saturated heterocycles. The van der Waals surface area contributed by atoms with E-state index in [9.17, 15) is 19.5 Å².